The van der Waals surface area contributed by atoms with Crippen LogP contribution < -0.4 is 5.32 Å². The predicted octanol–water partition coefficient (Wildman–Crippen LogP) is 2.79. The largest absolute Gasteiger partial charge is 0.477 e. The van der Waals surface area contributed by atoms with Crippen LogP contribution in [-0.2, 0) is 13.0 Å². The average molecular weight is 307 g/mol. The zero-order valence-corrected chi connectivity index (χ0v) is 13.0. The lowest BCUT2D eigenvalue weighted by atomic mass is 10.3. The van der Waals surface area contributed by atoms with Gasteiger partial charge in [0.05, 0.1) is 10.7 Å². The van der Waals surface area contributed by atoms with E-state index in [0.29, 0.717) is 22.8 Å². The number of hydrogen-bond donors (Lipinski definition) is 2. The van der Waals surface area contributed by atoms with Crippen molar-refractivity contribution in [2.45, 2.75) is 33.7 Å². The molecule has 21 heavy (non-hydrogen) atoms. The van der Waals surface area contributed by atoms with Crippen LogP contribution in [0.25, 0.3) is 0 Å². The Morgan fingerprint density at radius 3 is 2.62 bits per heavy atom. The summed E-state index contributed by atoms with van der Waals surface area (Å²) in [7, 11) is 0. The molecule has 0 atom stereocenters. The molecule has 2 N–H and O–H groups in total. The van der Waals surface area contributed by atoms with Gasteiger partial charge in [-0.1, -0.05) is 6.92 Å². The van der Waals surface area contributed by atoms with E-state index in [4.69, 9.17) is 5.11 Å². The number of hydrogen-bond acceptors (Lipinski definition) is 4. The Kier molecular flexibility index (Phi) is 4.42. The van der Waals surface area contributed by atoms with Crippen molar-refractivity contribution in [1.82, 2.24) is 9.78 Å². The third-order valence-electron chi connectivity index (χ3n) is 3.07. The SMILES string of the molecule is CCc1cc(C(=O)Nc2cc(C)c(C(=O)O)s2)n(CC)n1. The number of aromatic carboxylic acids is 1. The van der Waals surface area contributed by atoms with Gasteiger partial charge < -0.3 is 10.4 Å². The highest BCUT2D eigenvalue weighted by Gasteiger charge is 2.17. The van der Waals surface area contributed by atoms with E-state index in [-0.39, 0.29) is 10.8 Å². The molecule has 0 aromatic carbocycles. The lowest BCUT2D eigenvalue weighted by Gasteiger charge is -2.04. The predicted molar refractivity (Wildman–Crippen MR) is 81.2 cm³/mol. The Labute approximate surface area is 126 Å². The molecule has 2 heterocycles. The first-order valence-electron chi connectivity index (χ1n) is 6.68. The number of nitrogens with zero attached hydrogens (tertiary/aromatic N) is 2. The van der Waals surface area contributed by atoms with Crippen LogP contribution in [0.2, 0.25) is 0 Å². The first-order chi connectivity index (χ1) is 9.96. The first-order valence-corrected chi connectivity index (χ1v) is 7.49. The molecule has 0 radical (unpaired) electrons. The zero-order chi connectivity index (χ0) is 15.6. The van der Waals surface area contributed by atoms with Crippen LogP contribution in [0.5, 0.6) is 0 Å². The van der Waals surface area contributed by atoms with Gasteiger partial charge in [-0.25, -0.2) is 4.79 Å². The highest BCUT2D eigenvalue weighted by Crippen LogP contribution is 2.27. The molecule has 0 unspecified atom stereocenters. The van der Waals surface area contributed by atoms with E-state index in [9.17, 15) is 9.59 Å². The van der Waals surface area contributed by atoms with Crippen LogP contribution in [0, 0.1) is 6.92 Å². The Morgan fingerprint density at radius 1 is 1.38 bits per heavy atom. The fraction of sp³-hybridized carbons (Fsp3) is 0.357. The number of amides is 1. The molecule has 0 bridgehead atoms. The fourth-order valence-corrected chi connectivity index (χ4v) is 2.91. The van der Waals surface area contributed by atoms with Crippen LogP contribution in [0.1, 0.15) is 45.3 Å². The molecule has 0 saturated carbocycles. The summed E-state index contributed by atoms with van der Waals surface area (Å²) in [6.07, 6.45) is 0.758. The molecule has 0 aliphatic carbocycles. The average Bonchev–Trinajstić information content (AvgIpc) is 3.01. The van der Waals surface area contributed by atoms with Gasteiger partial charge in [0, 0.05) is 6.54 Å². The van der Waals surface area contributed by atoms with Gasteiger partial charge in [0.25, 0.3) is 5.91 Å². The van der Waals surface area contributed by atoms with Crippen molar-refractivity contribution < 1.29 is 14.7 Å². The molecule has 0 saturated heterocycles. The molecule has 7 heteroatoms. The Bertz CT molecular complexity index is 688. The number of rotatable bonds is 5. The maximum absolute atomic E-state index is 12.3. The number of carbonyl (C=O) groups is 2. The van der Waals surface area contributed by atoms with Gasteiger partial charge in [-0.2, -0.15) is 5.10 Å². The van der Waals surface area contributed by atoms with Crippen molar-refractivity contribution in [3.63, 3.8) is 0 Å². The molecule has 1 amide bonds. The van der Waals surface area contributed by atoms with E-state index < -0.39 is 5.97 Å². The summed E-state index contributed by atoms with van der Waals surface area (Å²) in [5.41, 5.74) is 1.98. The van der Waals surface area contributed by atoms with Crippen LogP contribution in [-0.4, -0.2) is 26.8 Å². The smallest absolute Gasteiger partial charge is 0.346 e. The van der Waals surface area contributed by atoms with Crippen LogP contribution >= 0.6 is 11.3 Å². The highest BCUT2D eigenvalue weighted by atomic mass is 32.1. The van der Waals surface area contributed by atoms with Gasteiger partial charge in [0.15, 0.2) is 0 Å². The normalized spacial score (nSPS) is 10.6. The Morgan fingerprint density at radius 2 is 2.10 bits per heavy atom. The number of carbonyl (C=O) groups excluding carboxylic acids is 1. The molecule has 2 rings (SSSR count). The molecular weight excluding hydrogens is 290 g/mol. The van der Waals surface area contributed by atoms with E-state index >= 15 is 0 Å². The van der Waals surface area contributed by atoms with Gasteiger partial charge >= 0.3 is 5.97 Å². The quantitative estimate of drug-likeness (QED) is 0.889. The van der Waals surface area contributed by atoms with Gasteiger partial charge in [0.1, 0.15) is 10.6 Å². The number of anilines is 1. The minimum atomic E-state index is -0.982. The van der Waals surface area contributed by atoms with Crippen molar-refractivity contribution >= 4 is 28.2 Å². The standard InChI is InChI=1S/C14H17N3O3S/c1-4-9-7-10(17(5-2)16-9)13(18)15-11-6-8(3)12(21-11)14(19)20/h6-7H,4-5H2,1-3H3,(H,15,18)(H,19,20). The fourth-order valence-electron chi connectivity index (χ4n) is 2.00. The third-order valence-corrected chi connectivity index (χ3v) is 4.21. The van der Waals surface area contributed by atoms with Crippen molar-refractivity contribution in [3.8, 4) is 0 Å². The summed E-state index contributed by atoms with van der Waals surface area (Å²) in [6, 6.07) is 3.43. The molecule has 0 fully saturated rings. The van der Waals surface area contributed by atoms with Gasteiger partial charge in [-0.15, -0.1) is 11.3 Å². The Balaban J connectivity index is 2.23. The summed E-state index contributed by atoms with van der Waals surface area (Å²) in [5, 5.41) is 16.6. The summed E-state index contributed by atoms with van der Waals surface area (Å²) < 4.78 is 1.65. The van der Waals surface area contributed by atoms with Gasteiger partial charge in [0.2, 0.25) is 0 Å². The topological polar surface area (TPSA) is 84.2 Å². The second-order valence-electron chi connectivity index (χ2n) is 4.57. The van der Waals surface area contributed by atoms with Crippen molar-refractivity contribution in [3.05, 3.63) is 34.0 Å². The van der Waals surface area contributed by atoms with Gasteiger partial charge in [-0.05, 0) is 38.0 Å². The van der Waals surface area contributed by atoms with Crippen LogP contribution in [0.4, 0.5) is 5.00 Å². The lowest BCUT2D eigenvalue weighted by Crippen LogP contribution is -2.16. The first kappa shape index (κ1) is 15.2. The second kappa shape index (κ2) is 6.09. The number of aryl methyl sites for hydroxylation is 3. The van der Waals surface area contributed by atoms with E-state index in [0.717, 1.165) is 23.5 Å². The lowest BCUT2D eigenvalue weighted by molar-refractivity contribution is 0.0701. The van der Waals surface area contributed by atoms with E-state index in [1.54, 1.807) is 23.7 Å². The van der Waals surface area contributed by atoms with E-state index in [1.807, 2.05) is 13.8 Å². The maximum Gasteiger partial charge on any atom is 0.346 e. The number of nitrogens with one attached hydrogen (secondary N) is 1. The number of aromatic nitrogens is 2. The monoisotopic (exact) mass is 307 g/mol. The van der Waals surface area contributed by atoms with Gasteiger partial charge in [-0.3, -0.25) is 9.48 Å². The molecule has 112 valence electrons. The number of thiophene rings is 1. The molecule has 6 nitrogen and oxygen atoms in total. The van der Waals surface area contributed by atoms with Crippen LogP contribution in [0.3, 0.4) is 0 Å². The Hall–Kier alpha value is -2.15. The molecule has 2 aromatic heterocycles. The molecular formula is C14H17N3O3S. The second-order valence-corrected chi connectivity index (χ2v) is 5.62. The molecule has 0 aliphatic heterocycles. The van der Waals surface area contributed by atoms with E-state index in [2.05, 4.69) is 10.4 Å². The zero-order valence-electron chi connectivity index (χ0n) is 12.1. The maximum atomic E-state index is 12.3. The molecule has 0 aliphatic rings. The van der Waals surface area contributed by atoms with Crippen molar-refractivity contribution in [1.29, 1.82) is 0 Å². The van der Waals surface area contributed by atoms with E-state index in [1.165, 1.54) is 0 Å². The third kappa shape index (κ3) is 3.13. The minimum absolute atomic E-state index is 0.239. The van der Waals surface area contributed by atoms with Crippen LogP contribution in [0.15, 0.2) is 12.1 Å². The number of carboxylic acid groups (broad SMARTS) is 1. The molecule has 2 aromatic rings. The molecule has 0 spiro atoms. The summed E-state index contributed by atoms with van der Waals surface area (Å²) in [4.78, 5) is 23.6. The summed E-state index contributed by atoms with van der Waals surface area (Å²) >= 11 is 1.06. The minimum Gasteiger partial charge on any atom is -0.477 e. The summed E-state index contributed by atoms with van der Waals surface area (Å²) in [6.45, 7) is 6.21. The number of carboxylic acids is 1. The van der Waals surface area contributed by atoms with Crippen molar-refractivity contribution in [2.75, 3.05) is 5.32 Å². The highest BCUT2D eigenvalue weighted by molar-refractivity contribution is 7.18. The summed E-state index contributed by atoms with van der Waals surface area (Å²) in [5.74, 6) is -1.26. The van der Waals surface area contributed by atoms with Crippen molar-refractivity contribution in [2.24, 2.45) is 0 Å².